The maximum absolute atomic E-state index is 12.4. The molecule has 120 valence electrons. The van der Waals surface area contributed by atoms with E-state index in [1.807, 2.05) is 30.3 Å². The monoisotopic (exact) mass is 433 g/mol. The normalized spacial score (nSPS) is 22.4. The van der Waals surface area contributed by atoms with E-state index in [1.54, 1.807) is 0 Å². The number of benzene rings is 1. The summed E-state index contributed by atoms with van der Waals surface area (Å²) in [6, 6.07) is 9.31. The summed E-state index contributed by atoms with van der Waals surface area (Å²) in [5.41, 5.74) is -0.399. The quantitative estimate of drug-likeness (QED) is 0.721. The van der Waals surface area contributed by atoms with E-state index in [0.29, 0.717) is 24.7 Å². The van der Waals surface area contributed by atoms with Crippen molar-refractivity contribution in [3.63, 3.8) is 0 Å². The Kier molecular flexibility index (Phi) is 5.86. The molecule has 22 heavy (non-hydrogen) atoms. The van der Waals surface area contributed by atoms with Crippen molar-refractivity contribution < 1.29 is 19.4 Å². The molecule has 1 saturated heterocycles. The van der Waals surface area contributed by atoms with E-state index < -0.39 is 17.6 Å². The molecule has 0 aromatic heterocycles. The number of hydrogen-bond donors (Lipinski definition) is 1. The molecule has 2 unspecified atom stereocenters. The molecule has 2 rings (SSSR count). The fraction of sp³-hybridized carbons (Fsp3) is 0.467. The van der Waals surface area contributed by atoms with Gasteiger partial charge in [-0.2, -0.15) is 0 Å². The molecule has 0 saturated carbocycles. The molecule has 0 aliphatic carbocycles. The highest BCUT2D eigenvalue weighted by atomic mass is 79.9. The lowest BCUT2D eigenvalue weighted by molar-refractivity contribution is -0.148. The Hall–Kier alpha value is -1.08. The minimum atomic E-state index is -1.27. The number of ether oxygens (including phenoxy) is 1. The number of rotatable bonds is 5. The van der Waals surface area contributed by atoms with Crippen molar-refractivity contribution in [2.75, 3.05) is 11.9 Å². The van der Waals surface area contributed by atoms with E-state index in [2.05, 4.69) is 31.9 Å². The number of carboxylic acid groups (broad SMARTS) is 1. The first-order valence-electron chi connectivity index (χ1n) is 6.94. The number of amides is 1. The first kappa shape index (κ1) is 17.3. The molecule has 2 atom stereocenters. The Morgan fingerprint density at radius 1 is 1.36 bits per heavy atom. The molecule has 1 aromatic carbocycles. The molecule has 0 radical (unpaired) electrons. The second kappa shape index (κ2) is 7.46. The van der Waals surface area contributed by atoms with E-state index >= 15 is 0 Å². The van der Waals surface area contributed by atoms with E-state index in [-0.39, 0.29) is 11.4 Å². The lowest BCUT2D eigenvalue weighted by Gasteiger charge is -2.37. The zero-order valence-corrected chi connectivity index (χ0v) is 15.0. The van der Waals surface area contributed by atoms with Crippen molar-refractivity contribution in [3.8, 4) is 0 Å². The van der Waals surface area contributed by atoms with Crippen LogP contribution in [0.4, 0.5) is 4.79 Å². The van der Waals surface area contributed by atoms with Gasteiger partial charge in [0.2, 0.25) is 0 Å². The average molecular weight is 435 g/mol. The Labute approximate surface area is 145 Å². The molecule has 1 aliphatic rings. The zero-order chi connectivity index (χ0) is 16.2. The topological polar surface area (TPSA) is 66.8 Å². The van der Waals surface area contributed by atoms with Gasteiger partial charge in [-0.05, 0) is 18.4 Å². The summed E-state index contributed by atoms with van der Waals surface area (Å²) in [5.74, 6) is -1.01. The number of alkyl halides is 2. The van der Waals surface area contributed by atoms with Crippen LogP contribution in [0.1, 0.15) is 18.4 Å². The van der Waals surface area contributed by atoms with Crippen LogP contribution in [0, 0.1) is 0 Å². The molecule has 5 nitrogen and oxygen atoms in total. The molecule has 1 aliphatic heterocycles. The third-order valence-corrected chi connectivity index (χ3v) is 6.47. The van der Waals surface area contributed by atoms with Gasteiger partial charge in [-0.25, -0.2) is 9.59 Å². The lowest BCUT2D eigenvalue weighted by atomic mass is 9.93. The number of aliphatic carboxylic acids is 1. The van der Waals surface area contributed by atoms with Gasteiger partial charge in [0.1, 0.15) is 6.61 Å². The van der Waals surface area contributed by atoms with E-state index in [1.165, 1.54) is 4.90 Å². The summed E-state index contributed by atoms with van der Waals surface area (Å²) in [6.07, 6.45) is 0.459. The van der Waals surface area contributed by atoms with Crippen LogP contribution >= 0.6 is 31.9 Å². The van der Waals surface area contributed by atoms with Gasteiger partial charge in [0, 0.05) is 11.9 Å². The second-order valence-corrected chi connectivity index (χ2v) is 6.90. The highest BCUT2D eigenvalue weighted by Crippen LogP contribution is 2.38. The number of nitrogens with zero attached hydrogens (tertiary/aromatic N) is 1. The molecule has 0 bridgehead atoms. The Morgan fingerprint density at radius 2 is 2.05 bits per heavy atom. The predicted octanol–water partition coefficient (Wildman–Crippen LogP) is 3.40. The average Bonchev–Trinajstić information content (AvgIpc) is 2.99. The van der Waals surface area contributed by atoms with Crippen LogP contribution in [0.5, 0.6) is 0 Å². The molecular weight excluding hydrogens is 418 g/mol. The first-order chi connectivity index (χ1) is 10.5. The summed E-state index contributed by atoms with van der Waals surface area (Å²) in [7, 11) is 0. The Morgan fingerprint density at radius 3 is 2.64 bits per heavy atom. The van der Waals surface area contributed by atoms with Crippen molar-refractivity contribution in [1.29, 1.82) is 0 Å². The van der Waals surface area contributed by atoms with E-state index in [9.17, 15) is 14.7 Å². The van der Waals surface area contributed by atoms with Crippen molar-refractivity contribution in [1.82, 2.24) is 4.90 Å². The fourth-order valence-corrected chi connectivity index (χ4v) is 3.91. The van der Waals surface area contributed by atoms with Crippen LogP contribution in [0.2, 0.25) is 0 Å². The number of carboxylic acids is 1. The summed E-state index contributed by atoms with van der Waals surface area (Å²) in [6.45, 7) is 0.516. The van der Waals surface area contributed by atoms with Crippen molar-refractivity contribution in [2.24, 2.45) is 0 Å². The summed E-state index contributed by atoms with van der Waals surface area (Å²) >= 11 is 6.68. The second-order valence-electron chi connectivity index (χ2n) is 5.15. The van der Waals surface area contributed by atoms with Gasteiger partial charge in [-0.3, -0.25) is 4.90 Å². The SMILES string of the molecule is O=C(OCc1ccccc1)N1CCCC1(C(=O)O)C(Br)CBr. The largest absolute Gasteiger partial charge is 0.479 e. The highest BCUT2D eigenvalue weighted by Gasteiger charge is 2.55. The van der Waals surface area contributed by atoms with Crippen LogP contribution in [0.3, 0.4) is 0 Å². The van der Waals surface area contributed by atoms with Gasteiger partial charge in [0.15, 0.2) is 5.54 Å². The summed E-state index contributed by atoms with van der Waals surface area (Å²) in [5, 5.41) is 10.1. The maximum atomic E-state index is 12.4. The van der Waals surface area contributed by atoms with Gasteiger partial charge in [0.25, 0.3) is 0 Å². The summed E-state index contributed by atoms with van der Waals surface area (Å²) < 4.78 is 5.30. The molecule has 0 spiro atoms. The highest BCUT2D eigenvalue weighted by molar-refractivity contribution is 9.12. The van der Waals surface area contributed by atoms with Gasteiger partial charge in [-0.1, -0.05) is 62.2 Å². The number of likely N-dealkylation sites (tertiary alicyclic amines) is 1. The van der Waals surface area contributed by atoms with Crippen LogP contribution < -0.4 is 0 Å². The number of carbonyl (C=O) groups is 2. The number of halogens is 2. The maximum Gasteiger partial charge on any atom is 0.411 e. The Balaban J connectivity index is 2.11. The van der Waals surface area contributed by atoms with E-state index in [4.69, 9.17) is 4.74 Å². The third-order valence-electron chi connectivity index (χ3n) is 3.87. The van der Waals surface area contributed by atoms with Gasteiger partial charge >= 0.3 is 12.1 Å². The molecular formula is C15H17Br2NO4. The standard InChI is InChI=1S/C15H17Br2NO4/c16-9-12(17)15(13(19)20)7-4-8-18(15)14(21)22-10-11-5-2-1-3-6-11/h1-3,5-6,12H,4,7-10H2,(H,19,20). The Bertz CT molecular complexity index is 540. The van der Waals surface area contributed by atoms with E-state index in [0.717, 1.165) is 5.56 Å². The van der Waals surface area contributed by atoms with Gasteiger partial charge in [0.05, 0.1) is 4.83 Å². The van der Waals surface area contributed by atoms with Crippen LogP contribution in [-0.2, 0) is 16.1 Å². The number of carbonyl (C=O) groups excluding carboxylic acids is 1. The van der Waals surface area contributed by atoms with Gasteiger partial charge < -0.3 is 9.84 Å². The van der Waals surface area contributed by atoms with Crippen molar-refractivity contribution in [3.05, 3.63) is 35.9 Å². The lowest BCUT2D eigenvalue weighted by Crippen LogP contribution is -2.59. The molecule has 1 N–H and O–H groups in total. The summed E-state index contributed by atoms with van der Waals surface area (Å²) in [4.78, 5) is 25.1. The predicted molar refractivity (Wildman–Crippen MR) is 89.4 cm³/mol. The fourth-order valence-electron chi connectivity index (χ4n) is 2.70. The zero-order valence-electron chi connectivity index (χ0n) is 11.9. The first-order valence-corrected chi connectivity index (χ1v) is 8.98. The third kappa shape index (κ3) is 3.30. The number of hydrogen-bond acceptors (Lipinski definition) is 3. The molecule has 1 aromatic rings. The van der Waals surface area contributed by atoms with Crippen LogP contribution in [0.25, 0.3) is 0 Å². The van der Waals surface area contributed by atoms with Crippen molar-refractivity contribution >= 4 is 43.9 Å². The van der Waals surface area contributed by atoms with Crippen LogP contribution in [0.15, 0.2) is 30.3 Å². The molecule has 1 heterocycles. The molecule has 1 amide bonds. The smallest absolute Gasteiger partial charge is 0.411 e. The minimum absolute atomic E-state index is 0.132. The van der Waals surface area contributed by atoms with Gasteiger partial charge in [-0.15, -0.1) is 0 Å². The van der Waals surface area contributed by atoms with Crippen molar-refractivity contribution in [2.45, 2.75) is 29.8 Å². The molecule has 7 heteroatoms. The minimum Gasteiger partial charge on any atom is -0.479 e. The molecule has 1 fully saturated rings. The van der Waals surface area contributed by atoms with Crippen LogP contribution in [-0.4, -0.2) is 44.3 Å².